The number of amides is 1. The number of aryl methyl sites for hydroxylation is 1. The second kappa shape index (κ2) is 10.3. The molecular formula is C27H28N2O4S. The van der Waals surface area contributed by atoms with Gasteiger partial charge in [0.15, 0.2) is 0 Å². The van der Waals surface area contributed by atoms with Crippen LogP contribution >= 0.6 is 11.8 Å². The number of ether oxygens (including phenoxy) is 1. The van der Waals surface area contributed by atoms with Crippen LogP contribution in [0.15, 0.2) is 73.1 Å². The normalized spacial score (nSPS) is 13.6. The van der Waals surface area contributed by atoms with Crippen LogP contribution in [0.25, 0.3) is 11.1 Å². The van der Waals surface area contributed by atoms with E-state index in [-0.39, 0.29) is 12.5 Å². The zero-order chi connectivity index (χ0) is 24.1. The first-order valence-corrected chi connectivity index (χ1v) is 12.2. The van der Waals surface area contributed by atoms with Gasteiger partial charge >= 0.3 is 12.1 Å². The van der Waals surface area contributed by atoms with Gasteiger partial charge in [-0.25, -0.2) is 9.59 Å². The average molecular weight is 477 g/mol. The lowest BCUT2D eigenvalue weighted by Gasteiger charge is -2.31. The molecule has 2 N–H and O–H groups in total. The number of nitrogens with zero attached hydrogens (tertiary/aromatic N) is 1. The molecule has 0 bridgehead atoms. The van der Waals surface area contributed by atoms with E-state index in [0.29, 0.717) is 5.75 Å². The molecule has 0 saturated heterocycles. The molecule has 4 rings (SSSR count). The van der Waals surface area contributed by atoms with E-state index in [1.807, 2.05) is 62.4 Å². The Morgan fingerprint density at radius 3 is 2.21 bits per heavy atom. The number of thioether (sulfide) groups is 1. The third-order valence-corrected chi connectivity index (χ3v) is 7.55. The summed E-state index contributed by atoms with van der Waals surface area (Å²) >= 11 is 1.51. The topological polar surface area (TPSA) is 88.5 Å². The highest BCUT2D eigenvalue weighted by atomic mass is 32.2. The number of carbonyl (C=O) groups excluding carboxylic acids is 1. The van der Waals surface area contributed by atoms with Crippen molar-refractivity contribution in [2.24, 2.45) is 0 Å². The zero-order valence-corrected chi connectivity index (χ0v) is 20.0. The summed E-state index contributed by atoms with van der Waals surface area (Å²) in [6.45, 7) is 3.79. The summed E-state index contributed by atoms with van der Waals surface area (Å²) in [4.78, 5) is 28.7. The molecule has 0 aliphatic heterocycles. The summed E-state index contributed by atoms with van der Waals surface area (Å²) in [5.74, 6) is -0.452. The highest BCUT2D eigenvalue weighted by Crippen LogP contribution is 2.44. The molecule has 1 heterocycles. The van der Waals surface area contributed by atoms with Crippen LogP contribution in [-0.2, 0) is 16.0 Å². The second-order valence-corrected chi connectivity index (χ2v) is 10.5. The third-order valence-electron chi connectivity index (χ3n) is 6.16. The van der Waals surface area contributed by atoms with E-state index in [9.17, 15) is 14.7 Å². The number of aliphatic carboxylic acids is 1. The van der Waals surface area contributed by atoms with Gasteiger partial charge in [-0.05, 0) is 66.0 Å². The van der Waals surface area contributed by atoms with Crippen molar-refractivity contribution in [2.75, 3.05) is 12.4 Å². The molecule has 3 aromatic rings. The zero-order valence-electron chi connectivity index (χ0n) is 19.2. The Hall–Kier alpha value is -3.32. The molecule has 34 heavy (non-hydrogen) atoms. The fraction of sp³-hybridized carbons (Fsp3) is 0.296. The monoisotopic (exact) mass is 476 g/mol. The van der Waals surface area contributed by atoms with Crippen LogP contribution in [-0.4, -0.2) is 45.3 Å². The van der Waals surface area contributed by atoms with E-state index < -0.39 is 22.9 Å². The van der Waals surface area contributed by atoms with Crippen molar-refractivity contribution in [3.63, 3.8) is 0 Å². The predicted octanol–water partition coefficient (Wildman–Crippen LogP) is 5.13. The van der Waals surface area contributed by atoms with E-state index >= 15 is 0 Å². The van der Waals surface area contributed by atoms with Crippen molar-refractivity contribution in [3.05, 3.63) is 89.7 Å². The minimum absolute atomic E-state index is 0.0795. The van der Waals surface area contributed by atoms with E-state index in [0.717, 1.165) is 34.2 Å². The lowest BCUT2D eigenvalue weighted by molar-refractivity contribution is -0.140. The number of hydrogen-bond acceptors (Lipinski definition) is 5. The second-order valence-electron chi connectivity index (χ2n) is 8.80. The SMILES string of the molecule is CC(C)(SCCc1ccncc1)[C@H](NC(=O)OCC1c2ccccc2-c2ccccc21)C(=O)O. The van der Waals surface area contributed by atoms with Crippen molar-refractivity contribution in [1.82, 2.24) is 10.3 Å². The van der Waals surface area contributed by atoms with Crippen LogP contribution in [0.4, 0.5) is 4.79 Å². The van der Waals surface area contributed by atoms with Gasteiger partial charge in [0.05, 0.1) is 0 Å². The molecule has 0 spiro atoms. The molecule has 0 fully saturated rings. The fourth-order valence-electron chi connectivity index (χ4n) is 4.36. The Kier molecular flexibility index (Phi) is 7.22. The number of alkyl carbamates (subject to hydrolysis) is 1. The van der Waals surface area contributed by atoms with E-state index in [4.69, 9.17) is 4.74 Å². The maximum atomic E-state index is 12.7. The van der Waals surface area contributed by atoms with E-state index in [2.05, 4.69) is 22.4 Å². The van der Waals surface area contributed by atoms with Gasteiger partial charge < -0.3 is 15.2 Å². The Bertz CT molecular complexity index is 1120. The molecule has 1 aliphatic rings. The van der Waals surface area contributed by atoms with Gasteiger partial charge in [0, 0.05) is 23.1 Å². The summed E-state index contributed by atoms with van der Waals surface area (Å²) < 4.78 is 4.83. The molecule has 176 valence electrons. The molecule has 2 aromatic carbocycles. The number of aromatic nitrogens is 1. The highest BCUT2D eigenvalue weighted by molar-refractivity contribution is 8.00. The van der Waals surface area contributed by atoms with Crippen LogP contribution < -0.4 is 5.32 Å². The minimum Gasteiger partial charge on any atom is -0.480 e. The van der Waals surface area contributed by atoms with Crippen LogP contribution in [0.1, 0.15) is 36.5 Å². The summed E-state index contributed by atoms with van der Waals surface area (Å²) in [5, 5.41) is 12.4. The van der Waals surface area contributed by atoms with Gasteiger partial charge in [-0.2, -0.15) is 11.8 Å². The molecule has 6 nitrogen and oxygen atoms in total. The molecule has 1 aromatic heterocycles. The molecule has 0 saturated carbocycles. The summed E-state index contributed by atoms with van der Waals surface area (Å²) in [6.07, 6.45) is 3.54. The lowest BCUT2D eigenvalue weighted by Crippen LogP contribution is -2.53. The molecular weight excluding hydrogens is 448 g/mol. The van der Waals surface area contributed by atoms with Gasteiger partial charge in [-0.1, -0.05) is 48.5 Å². The molecule has 0 unspecified atom stereocenters. The lowest BCUT2D eigenvalue weighted by atomic mass is 9.98. The number of carboxylic acids is 1. The summed E-state index contributed by atoms with van der Waals surface area (Å²) in [5.41, 5.74) is 5.63. The van der Waals surface area contributed by atoms with Crippen LogP contribution in [0.3, 0.4) is 0 Å². The molecule has 1 atom stereocenters. The van der Waals surface area contributed by atoms with E-state index in [1.165, 1.54) is 11.8 Å². The highest BCUT2D eigenvalue weighted by Gasteiger charge is 2.38. The summed E-state index contributed by atoms with van der Waals surface area (Å²) in [6, 6.07) is 19.0. The first kappa shape index (κ1) is 23.8. The van der Waals surface area contributed by atoms with Crippen LogP contribution in [0.5, 0.6) is 0 Å². The number of nitrogens with one attached hydrogen (secondary N) is 1. The number of rotatable bonds is 9. The molecule has 0 radical (unpaired) electrons. The first-order valence-electron chi connectivity index (χ1n) is 11.2. The van der Waals surface area contributed by atoms with Crippen LogP contribution in [0, 0.1) is 0 Å². The predicted molar refractivity (Wildman–Crippen MR) is 134 cm³/mol. The van der Waals surface area contributed by atoms with Crippen LogP contribution in [0.2, 0.25) is 0 Å². The van der Waals surface area contributed by atoms with Crippen molar-refractivity contribution in [3.8, 4) is 11.1 Å². The Morgan fingerprint density at radius 1 is 1.03 bits per heavy atom. The first-order chi connectivity index (χ1) is 16.4. The fourth-order valence-corrected chi connectivity index (χ4v) is 5.55. The van der Waals surface area contributed by atoms with Crippen molar-refractivity contribution in [1.29, 1.82) is 0 Å². The van der Waals surface area contributed by atoms with Crippen molar-refractivity contribution in [2.45, 2.75) is 37.0 Å². The number of carboxylic acid groups (broad SMARTS) is 1. The number of hydrogen-bond donors (Lipinski definition) is 2. The number of carbonyl (C=O) groups is 2. The van der Waals surface area contributed by atoms with Gasteiger partial charge in [0.2, 0.25) is 0 Å². The number of pyridine rings is 1. The number of fused-ring (bicyclic) bond motifs is 3. The maximum absolute atomic E-state index is 12.7. The molecule has 1 aliphatic carbocycles. The van der Waals surface area contributed by atoms with Gasteiger partial charge in [0.25, 0.3) is 0 Å². The van der Waals surface area contributed by atoms with E-state index in [1.54, 1.807) is 12.4 Å². The summed E-state index contributed by atoms with van der Waals surface area (Å²) in [7, 11) is 0. The Balaban J connectivity index is 1.37. The van der Waals surface area contributed by atoms with Gasteiger partial charge in [0.1, 0.15) is 12.6 Å². The quantitative estimate of drug-likeness (QED) is 0.445. The Morgan fingerprint density at radius 2 is 1.62 bits per heavy atom. The smallest absolute Gasteiger partial charge is 0.407 e. The standard InChI is InChI=1S/C27H28N2O4S/c1-27(2,34-16-13-18-11-14-28-15-12-18)24(25(30)31)29-26(32)33-17-23-21-9-5-3-7-19(21)20-8-4-6-10-22(20)23/h3-12,14-15,23-24H,13,16-17H2,1-2H3,(H,29,32)(H,30,31)/t24-/m1/s1. The molecule has 7 heteroatoms. The largest absolute Gasteiger partial charge is 0.480 e. The van der Waals surface area contributed by atoms with Gasteiger partial charge in [-0.15, -0.1) is 0 Å². The maximum Gasteiger partial charge on any atom is 0.407 e. The van der Waals surface area contributed by atoms with Crippen molar-refractivity contribution < 1.29 is 19.4 Å². The number of benzene rings is 2. The average Bonchev–Trinajstić information content (AvgIpc) is 3.15. The molecule has 1 amide bonds. The minimum atomic E-state index is -1.09. The Labute approximate surface area is 203 Å². The van der Waals surface area contributed by atoms with Gasteiger partial charge in [-0.3, -0.25) is 4.98 Å². The van der Waals surface area contributed by atoms with Crippen molar-refractivity contribution >= 4 is 23.8 Å². The third kappa shape index (κ3) is 5.25.